The van der Waals surface area contributed by atoms with Gasteiger partial charge in [-0.2, -0.15) is 0 Å². The highest BCUT2D eigenvalue weighted by molar-refractivity contribution is 7.99. The minimum Gasteiger partial charge on any atom is -0.259 e. The minimum absolute atomic E-state index is 0.113. The van der Waals surface area contributed by atoms with Crippen LogP contribution in [0.3, 0.4) is 0 Å². The van der Waals surface area contributed by atoms with Gasteiger partial charge in [0.25, 0.3) is 5.69 Å². The maximum absolute atomic E-state index is 10.8. The Labute approximate surface area is 145 Å². The third-order valence-electron chi connectivity index (χ3n) is 3.86. The highest BCUT2D eigenvalue weighted by Crippen LogP contribution is 2.36. The average molecular weight is 338 g/mol. The molecule has 4 nitrogen and oxygen atoms in total. The number of nitro benzene ring substituents is 1. The molecule has 0 aliphatic carbocycles. The fourth-order valence-electron chi connectivity index (χ4n) is 2.57. The molecule has 0 atom stereocenters. The smallest absolute Gasteiger partial charge is 0.259 e. The summed E-state index contributed by atoms with van der Waals surface area (Å²) < 4.78 is 0. The fourth-order valence-corrected chi connectivity index (χ4v) is 3.64. The van der Waals surface area contributed by atoms with Crippen molar-refractivity contribution in [2.75, 3.05) is 0 Å². The van der Waals surface area contributed by atoms with E-state index in [4.69, 9.17) is 0 Å². The van der Waals surface area contributed by atoms with Crippen molar-refractivity contribution in [2.24, 2.45) is 0 Å². The van der Waals surface area contributed by atoms with Crippen molar-refractivity contribution < 1.29 is 4.92 Å². The molecule has 0 fully saturated rings. The summed E-state index contributed by atoms with van der Waals surface area (Å²) in [5.74, 6) is 0. The standard InChI is InChI=1S/C19H18N2O2S/c1-2-3-8-18-19(17-7-5-4-6-14(17)13-20-18)24-16-11-9-15(10-12-16)21(22)23/h4-7,9-13H,2-3,8H2,1H3. The van der Waals surface area contributed by atoms with Gasteiger partial charge in [0.1, 0.15) is 0 Å². The first-order chi connectivity index (χ1) is 11.7. The SMILES string of the molecule is CCCCc1ncc2ccccc2c1Sc1ccc([N+](=O)[O-])cc1. The maximum Gasteiger partial charge on any atom is 0.269 e. The summed E-state index contributed by atoms with van der Waals surface area (Å²) in [4.78, 5) is 17.2. The fraction of sp³-hybridized carbons (Fsp3) is 0.211. The van der Waals surface area contributed by atoms with E-state index in [1.807, 2.05) is 18.3 Å². The van der Waals surface area contributed by atoms with Crippen LogP contribution in [0.25, 0.3) is 10.8 Å². The molecular formula is C19H18N2O2S. The summed E-state index contributed by atoms with van der Waals surface area (Å²) in [5.41, 5.74) is 1.21. The Kier molecular flexibility index (Phi) is 5.11. The highest BCUT2D eigenvalue weighted by Gasteiger charge is 2.12. The van der Waals surface area contributed by atoms with E-state index in [-0.39, 0.29) is 10.6 Å². The van der Waals surface area contributed by atoms with E-state index >= 15 is 0 Å². The van der Waals surface area contributed by atoms with Crippen LogP contribution in [0, 0.1) is 10.1 Å². The monoisotopic (exact) mass is 338 g/mol. The minimum atomic E-state index is -0.374. The first-order valence-corrected chi connectivity index (χ1v) is 8.79. The second-order valence-corrected chi connectivity index (χ2v) is 6.66. The average Bonchev–Trinajstić information content (AvgIpc) is 2.61. The van der Waals surface area contributed by atoms with Crippen molar-refractivity contribution in [3.63, 3.8) is 0 Å². The summed E-state index contributed by atoms with van der Waals surface area (Å²) in [6, 6.07) is 14.9. The van der Waals surface area contributed by atoms with Gasteiger partial charge >= 0.3 is 0 Å². The molecule has 24 heavy (non-hydrogen) atoms. The molecule has 0 unspecified atom stereocenters. The van der Waals surface area contributed by atoms with Crippen molar-refractivity contribution >= 4 is 28.2 Å². The number of benzene rings is 2. The summed E-state index contributed by atoms with van der Waals surface area (Å²) in [6.07, 6.45) is 5.09. The molecule has 0 aliphatic rings. The van der Waals surface area contributed by atoms with Gasteiger partial charge in [-0.25, -0.2) is 0 Å². The Bertz CT molecular complexity index is 863. The van der Waals surface area contributed by atoms with Crippen molar-refractivity contribution in [3.05, 3.63) is 70.5 Å². The quantitative estimate of drug-likeness (QED) is 0.431. The number of pyridine rings is 1. The van der Waals surface area contributed by atoms with Crippen LogP contribution in [0.1, 0.15) is 25.5 Å². The van der Waals surface area contributed by atoms with Crippen LogP contribution >= 0.6 is 11.8 Å². The molecule has 3 aromatic rings. The molecule has 3 rings (SSSR count). The van der Waals surface area contributed by atoms with Gasteiger partial charge in [0.15, 0.2) is 0 Å². The summed E-state index contributed by atoms with van der Waals surface area (Å²) >= 11 is 1.63. The molecule has 0 radical (unpaired) electrons. The summed E-state index contributed by atoms with van der Waals surface area (Å²) in [7, 11) is 0. The van der Waals surface area contributed by atoms with E-state index < -0.39 is 0 Å². The van der Waals surface area contributed by atoms with Crippen molar-refractivity contribution in [1.82, 2.24) is 4.98 Å². The number of rotatable bonds is 6. The van der Waals surface area contributed by atoms with Crippen LogP contribution < -0.4 is 0 Å². The molecule has 0 spiro atoms. The van der Waals surface area contributed by atoms with Crippen LogP contribution in [0.15, 0.2) is 64.5 Å². The van der Waals surface area contributed by atoms with Gasteiger partial charge in [0.05, 0.1) is 10.6 Å². The van der Waals surface area contributed by atoms with Crippen molar-refractivity contribution in [1.29, 1.82) is 0 Å². The van der Waals surface area contributed by atoms with E-state index in [1.165, 1.54) is 5.39 Å². The first kappa shape index (κ1) is 16.5. The lowest BCUT2D eigenvalue weighted by Gasteiger charge is -2.11. The molecule has 0 aliphatic heterocycles. The van der Waals surface area contributed by atoms with Crippen LogP contribution in [-0.4, -0.2) is 9.91 Å². The molecule has 1 aromatic heterocycles. The summed E-state index contributed by atoms with van der Waals surface area (Å²) in [6.45, 7) is 2.17. The zero-order chi connectivity index (χ0) is 16.9. The van der Waals surface area contributed by atoms with Crippen LogP contribution in [-0.2, 0) is 6.42 Å². The number of aromatic nitrogens is 1. The number of hydrogen-bond donors (Lipinski definition) is 0. The molecule has 0 saturated carbocycles. The lowest BCUT2D eigenvalue weighted by Crippen LogP contribution is -1.95. The highest BCUT2D eigenvalue weighted by atomic mass is 32.2. The predicted octanol–water partition coefficient (Wildman–Crippen LogP) is 5.64. The molecule has 0 N–H and O–H groups in total. The lowest BCUT2D eigenvalue weighted by molar-refractivity contribution is -0.384. The topological polar surface area (TPSA) is 56.0 Å². The molecule has 0 amide bonds. The lowest BCUT2D eigenvalue weighted by atomic mass is 10.1. The molecule has 0 bridgehead atoms. The van der Waals surface area contributed by atoms with E-state index in [1.54, 1.807) is 36.0 Å². The Balaban J connectivity index is 2.00. The van der Waals surface area contributed by atoms with E-state index in [0.717, 1.165) is 40.1 Å². The Morgan fingerprint density at radius 1 is 1.12 bits per heavy atom. The molecule has 2 aromatic carbocycles. The van der Waals surface area contributed by atoms with E-state index in [0.29, 0.717) is 0 Å². The summed E-state index contributed by atoms with van der Waals surface area (Å²) in [5, 5.41) is 13.1. The van der Waals surface area contributed by atoms with Crippen LogP contribution in [0.4, 0.5) is 5.69 Å². The number of hydrogen-bond acceptors (Lipinski definition) is 4. The number of nitrogens with zero attached hydrogens (tertiary/aromatic N) is 2. The third-order valence-corrected chi connectivity index (χ3v) is 5.03. The molecule has 122 valence electrons. The van der Waals surface area contributed by atoms with Gasteiger partial charge in [-0.3, -0.25) is 15.1 Å². The van der Waals surface area contributed by atoms with Gasteiger partial charge in [-0.05, 0) is 30.4 Å². The molecular weight excluding hydrogens is 320 g/mol. The van der Waals surface area contributed by atoms with Gasteiger partial charge in [-0.15, -0.1) is 0 Å². The number of unbranched alkanes of at least 4 members (excludes halogenated alkanes) is 1. The number of aryl methyl sites for hydroxylation is 1. The third kappa shape index (κ3) is 3.57. The van der Waals surface area contributed by atoms with Crippen molar-refractivity contribution in [3.8, 4) is 0 Å². The van der Waals surface area contributed by atoms with Crippen LogP contribution in [0.2, 0.25) is 0 Å². The number of nitro groups is 1. The molecule has 5 heteroatoms. The zero-order valence-corrected chi connectivity index (χ0v) is 14.3. The van der Waals surface area contributed by atoms with Crippen molar-refractivity contribution in [2.45, 2.75) is 36.0 Å². The predicted molar refractivity (Wildman–Crippen MR) is 97.6 cm³/mol. The first-order valence-electron chi connectivity index (χ1n) is 7.98. The number of non-ortho nitro benzene ring substituents is 1. The van der Waals surface area contributed by atoms with E-state index in [2.05, 4.69) is 24.0 Å². The van der Waals surface area contributed by atoms with Gasteiger partial charge in [0.2, 0.25) is 0 Å². The van der Waals surface area contributed by atoms with Gasteiger partial charge in [0, 0.05) is 33.5 Å². The van der Waals surface area contributed by atoms with E-state index in [9.17, 15) is 10.1 Å². The molecule has 0 saturated heterocycles. The van der Waals surface area contributed by atoms with Gasteiger partial charge < -0.3 is 0 Å². The van der Waals surface area contributed by atoms with Gasteiger partial charge in [-0.1, -0.05) is 49.4 Å². The Hall–Kier alpha value is -2.40. The Morgan fingerprint density at radius 2 is 1.88 bits per heavy atom. The van der Waals surface area contributed by atoms with Crippen LogP contribution in [0.5, 0.6) is 0 Å². The second kappa shape index (κ2) is 7.45. The molecule has 1 heterocycles. The number of fused-ring (bicyclic) bond motifs is 1. The largest absolute Gasteiger partial charge is 0.269 e. The zero-order valence-electron chi connectivity index (χ0n) is 13.4. The Morgan fingerprint density at radius 3 is 2.58 bits per heavy atom. The second-order valence-electron chi connectivity index (χ2n) is 5.58. The normalized spacial score (nSPS) is 10.9. The maximum atomic E-state index is 10.8.